The van der Waals surface area contributed by atoms with Gasteiger partial charge in [0, 0.05) is 38.1 Å². The minimum atomic E-state index is -4.52. The van der Waals surface area contributed by atoms with Gasteiger partial charge in [-0.1, -0.05) is 11.6 Å². The van der Waals surface area contributed by atoms with E-state index in [4.69, 9.17) is 11.6 Å². The van der Waals surface area contributed by atoms with Crippen molar-refractivity contribution in [3.05, 3.63) is 52.8 Å². The number of rotatable bonds is 3. The average Bonchev–Trinajstić information content (AvgIpc) is 2.63. The van der Waals surface area contributed by atoms with Gasteiger partial charge in [-0.15, -0.1) is 0 Å². The van der Waals surface area contributed by atoms with Crippen LogP contribution in [-0.2, 0) is 6.18 Å². The lowest BCUT2D eigenvalue weighted by atomic mass is 10.2. The lowest BCUT2D eigenvalue weighted by Crippen LogP contribution is -2.44. The normalized spacial score (nSPS) is 15.7. The Hall–Kier alpha value is -2.32. The molecule has 0 unspecified atom stereocenters. The molecule has 27 heavy (non-hydrogen) atoms. The number of likely N-dealkylation sites (N-methyl/N-ethyl adjacent to an activating group) is 1. The van der Waals surface area contributed by atoms with Gasteiger partial charge in [0.05, 0.1) is 16.3 Å². The van der Waals surface area contributed by atoms with Gasteiger partial charge in [0.15, 0.2) is 0 Å². The van der Waals surface area contributed by atoms with E-state index in [1.54, 1.807) is 12.1 Å². The first kappa shape index (κ1) is 19.4. The predicted octanol–water partition coefficient (Wildman–Crippen LogP) is 3.76. The van der Waals surface area contributed by atoms with Gasteiger partial charge in [-0.2, -0.15) is 13.2 Å². The Morgan fingerprint density at radius 2 is 1.85 bits per heavy atom. The third-order valence-corrected chi connectivity index (χ3v) is 4.72. The molecule has 1 aromatic carbocycles. The van der Waals surface area contributed by atoms with Crippen molar-refractivity contribution >= 4 is 28.9 Å². The quantitative estimate of drug-likeness (QED) is 0.855. The van der Waals surface area contributed by atoms with E-state index in [-0.39, 0.29) is 16.4 Å². The molecule has 144 valence electrons. The summed E-state index contributed by atoms with van der Waals surface area (Å²) in [6, 6.07) is 6.21. The van der Waals surface area contributed by atoms with Crippen LogP contribution in [0.15, 0.2) is 36.5 Å². The Labute approximate surface area is 159 Å². The van der Waals surface area contributed by atoms with Crippen molar-refractivity contribution in [2.24, 2.45) is 0 Å². The van der Waals surface area contributed by atoms with Gasteiger partial charge >= 0.3 is 6.18 Å². The summed E-state index contributed by atoms with van der Waals surface area (Å²) >= 11 is 5.93. The number of nitrogens with one attached hydrogen (secondary N) is 1. The standard InChI is InChI=1S/C18H18ClF3N4O/c1-25-6-8-26(9-7-25)13-4-5-23-16(11-13)17(27)24-15-10-12(18(20,21)22)2-3-14(15)19/h2-5,10-11H,6-9H2,1H3,(H,24,27). The van der Waals surface area contributed by atoms with Gasteiger partial charge in [-0.3, -0.25) is 9.78 Å². The van der Waals surface area contributed by atoms with Gasteiger partial charge < -0.3 is 15.1 Å². The minimum absolute atomic E-state index is 0.0200. The zero-order valence-electron chi connectivity index (χ0n) is 14.6. The van der Waals surface area contributed by atoms with Crippen molar-refractivity contribution < 1.29 is 18.0 Å². The largest absolute Gasteiger partial charge is 0.416 e. The molecule has 1 aromatic heterocycles. The second-order valence-corrected chi connectivity index (χ2v) is 6.74. The molecular formula is C18H18ClF3N4O. The third kappa shape index (κ3) is 4.70. The molecule has 2 heterocycles. The van der Waals surface area contributed by atoms with Crippen LogP contribution in [0.5, 0.6) is 0 Å². The first-order valence-corrected chi connectivity index (χ1v) is 8.69. The van der Waals surface area contributed by atoms with E-state index in [1.165, 1.54) is 6.20 Å². The Morgan fingerprint density at radius 3 is 2.52 bits per heavy atom. The van der Waals surface area contributed by atoms with Crippen LogP contribution < -0.4 is 10.2 Å². The summed E-state index contributed by atoms with van der Waals surface area (Å²) in [5.74, 6) is -0.618. The number of pyridine rings is 1. The summed E-state index contributed by atoms with van der Waals surface area (Å²) in [5, 5.41) is 2.44. The van der Waals surface area contributed by atoms with Crippen molar-refractivity contribution in [2.45, 2.75) is 6.18 Å². The van der Waals surface area contributed by atoms with E-state index >= 15 is 0 Å². The first-order valence-electron chi connectivity index (χ1n) is 8.31. The molecule has 9 heteroatoms. The summed E-state index contributed by atoms with van der Waals surface area (Å²) in [4.78, 5) is 20.8. The first-order chi connectivity index (χ1) is 12.7. The van der Waals surface area contributed by atoms with Gasteiger partial charge in [0.25, 0.3) is 5.91 Å². The Balaban J connectivity index is 1.78. The average molecular weight is 399 g/mol. The van der Waals surface area contributed by atoms with Crippen LogP contribution in [0.3, 0.4) is 0 Å². The van der Waals surface area contributed by atoms with Gasteiger partial charge in [0.2, 0.25) is 0 Å². The maximum Gasteiger partial charge on any atom is 0.416 e. The van der Waals surface area contributed by atoms with E-state index in [9.17, 15) is 18.0 Å². The number of amides is 1. The fourth-order valence-corrected chi connectivity index (χ4v) is 2.95. The SMILES string of the molecule is CN1CCN(c2ccnc(C(=O)Nc3cc(C(F)(F)F)ccc3Cl)c2)CC1. The highest BCUT2D eigenvalue weighted by atomic mass is 35.5. The molecule has 0 aliphatic carbocycles. The van der Waals surface area contributed by atoms with Crippen LogP contribution in [-0.4, -0.2) is 49.0 Å². The second kappa shape index (κ2) is 7.74. The molecule has 1 aliphatic heterocycles. The summed E-state index contributed by atoms with van der Waals surface area (Å²) in [6.07, 6.45) is -3.01. The number of benzene rings is 1. The number of nitrogens with zero attached hydrogens (tertiary/aromatic N) is 3. The monoisotopic (exact) mass is 398 g/mol. The Bertz CT molecular complexity index is 836. The lowest BCUT2D eigenvalue weighted by molar-refractivity contribution is -0.137. The van der Waals surface area contributed by atoms with Gasteiger partial charge in [-0.25, -0.2) is 0 Å². The summed E-state index contributed by atoms with van der Waals surface area (Å²) in [7, 11) is 2.04. The fourth-order valence-electron chi connectivity index (χ4n) is 2.79. The molecule has 1 saturated heterocycles. The van der Waals surface area contributed by atoms with Crippen LogP contribution in [0.1, 0.15) is 16.1 Å². The molecule has 0 bridgehead atoms. The van der Waals surface area contributed by atoms with Crippen molar-refractivity contribution in [1.82, 2.24) is 9.88 Å². The van der Waals surface area contributed by atoms with Crippen LogP contribution in [0.25, 0.3) is 0 Å². The maximum absolute atomic E-state index is 12.9. The van der Waals surface area contributed by atoms with E-state index in [0.29, 0.717) is 0 Å². The molecule has 2 aromatic rings. The fraction of sp³-hybridized carbons (Fsp3) is 0.333. The van der Waals surface area contributed by atoms with Crippen LogP contribution >= 0.6 is 11.6 Å². The lowest BCUT2D eigenvalue weighted by Gasteiger charge is -2.34. The topological polar surface area (TPSA) is 48.5 Å². The zero-order valence-corrected chi connectivity index (χ0v) is 15.3. The molecule has 1 N–H and O–H groups in total. The summed E-state index contributed by atoms with van der Waals surface area (Å²) < 4.78 is 38.6. The van der Waals surface area contributed by atoms with Gasteiger partial charge in [-0.05, 0) is 37.4 Å². The molecule has 0 atom stereocenters. The molecule has 0 saturated carbocycles. The van der Waals surface area contributed by atoms with Crippen molar-refractivity contribution in [3.63, 3.8) is 0 Å². The van der Waals surface area contributed by atoms with Crippen molar-refractivity contribution in [3.8, 4) is 0 Å². The molecule has 1 fully saturated rings. The van der Waals surface area contributed by atoms with Crippen LogP contribution in [0.2, 0.25) is 5.02 Å². The number of hydrogen-bond acceptors (Lipinski definition) is 4. The van der Waals surface area contributed by atoms with E-state index in [0.717, 1.165) is 50.1 Å². The highest BCUT2D eigenvalue weighted by Gasteiger charge is 2.31. The summed E-state index contributed by atoms with van der Waals surface area (Å²) in [6.45, 7) is 3.45. The smallest absolute Gasteiger partial charge is 0.369 e. The number of carbonyl (C=O) groups is 1. The second-order valence-electron chi connectivity index (χ2n) is 6.34. The number of hydrogen-bond donors (Lipinski definition) is 1. The number of anilines is 2. The van der Waals surface area contributed by atoms with E-state index < -0.39 is 17.6 Å². The molecular weight excluding hydrogens is 381 g/mol. The summed E-state index contributed by atoms with van der Waals surface area (Å²) in [5.41, 5.74) is -0.0389. The van der Waals surface area contributed by atoms with Crippen LogP contribution in [0.4, 0.5) is 24.5 Å². The molecule has 3 rings (SSSR count). The van der Waals surface area contributed by atoms with Crippen molar-refractivity contribution in [2.75, 3.05) is 43.4 Å². The molecule has 5 nitrogen and oxygen atoms in total. The Morgan fingerprint density at radius 1 is 1.15 bits per heavy atom. The Kier molecular flexibility index (Phi) is 5.57. The number of halogens is 4. The number of carbonyl (C=O) groups excluding carboxylic acids is 1. The highest BCUT2D eigenvalue weighted by molar-refractivity contribution is 6.33. The van der Waals surface area contributed by atoms with Crippen molar-refractivity contribution in [1.29, 1.82) is 0 Å². The molecule has 1 aliphatic rings. The van der Waals surface area contributed by atoms with E-state index in [2.05, 4.69) is 20.1 Å². The highest BCUT2D eigenvalue weighted by Crippen LogP contribution is 2.34. The number of piperazine rings is 1. The zero-order chi connectivity index (χ0) is 19.6. The van der Waals surface area contributed by atoms with Gasteiger partial charge in [0.1, 0.15) is 5.69 Å². The number of aromatic nitrogens is 1. The maximum atomic E-state index is 12.9. The molecule has 0 spiro atoms. The molecule has 1 amide bonds. The van der Waals surface area contributed by atoms with Crippen LogP contribution in [0, 0.1) is 0 Å². The predicted molar refractivity (Wildman–Crippen MR) is 98.4 cm³/mol. The minimum Gasteiger partial charge on any atom is -0.369 e. The van der Waals surface area contributed by atoms with E-state index in [1.807, 2.05) is 7.05 Å². The third-order valence-electron chi connectivity index (χ3n) is 4.39. The molecule has 0 radical (unpaired) electrons. The number of alkyl halides is 3.